The average molecular weight is 531 g/mol. The van der Waals surface area contributed by atoms with Crippen molar-refractivity contribution in [1.82, 2.24) is 19.7 Å². The number of hydrogen-bond acceptors (Lipinski definition) is 9. The monoisotopic (exact) mass is 530 g/mol. The van der Waals surface area contributed by atoms with Gasteiger partial charge in [-0.25, -0.2) is 4.98 Å². The number of carbonyl (C=O) groups excluding carboxylic acids is 1. The number of nitro benzene ring substituents is 1. The number of amides is 1. The highest BCUT2D eigenvalue weighted by Crippen LogP contribution is 2.30. The van der Waals surface area contributed by atoms with Gasteiger partial charge in [-0.05, 0) is 19.1 Å². The number of hydrogen-bond donors (Lipinski definition) is 1. The maximum atomic E-state index is 12.4. The van der Waals surface area contributed by atoms with Crippen LogP contribution < -0.4 is 10.1 Å². The number of halogens is 1. The number of benzene rings is 2. The Morgan fingerprint density at radius 2 is 2.09 bits per heavy atom. The summed E-state index contributed by atoms with van der Waals surface area (Å²) in [6.45, 7) is 1.86. The van der Waals surface area contributed by atoms with E-state index in [9.17, 15) is 14.9 Å². The summed E-state index contributed by atoms with van der Waals surface area (Å²) >= 11 is 8.57. The molecule has 4 rings (SSSR count). The van der Waals surface area contributed by atoms with Gasteiger partial charge in [0.2, 0.25) is 5.91 Å². The van der Waals surface area contributed by atoms with Gasteiger partial charge in [-0.1, -0.05) is 47.6 Å². The Kier molecular flexibility index (Phi) is 7.63. The molecule has 13 heteroatoms. The van der Waals surface area contributed by atoms with Gasteiger partial charge in [-0.15, -0.1) is 21.5 Å². The van der Waals surface area contributed by atoms with Gasteiger partial charge >= 0.3 is 0 Å². The third-order valence-corrected chi connectivity index (χ3v) is 6.99. The third-order valence-electron chi connectivity index (χ3n) is 4.90. The molecule has 0 aliphatic carbocycles. The van der Waals surface area contributed by atoms with Crippen LogP contribution in [0.4, 0.5) is 10.8 Å². The van der Waals surface area contributed by atoms with Crippen LogP contribution >= 0.6 is 34.7 Å². The Bertz CT molecular complexity index is 1390. The van der Waals surface area contributed by atoms with E-state index in [2.05, 4.69) is 20.5 Å². The fourth-order valence-corrected chi connectivity index (χ4v) is 4.67. The Morgan fingerprint density at radius 1 is 1.29 bits per heavy atom. The van der Waals surface area contributed by atoms with Gasteiger partial charge in [0.15, 0.2) is 16.1 Å². The molecule has 0 fully saturated rings. The number of ether oxygens (including phenoxy) is 1. The molecule has 10 nitrogen and oxygen atoms in total. The zero-order valence-electron chi connectivity index (χ0n) is 18.6. The molecule has 1 amide bonds. The molecule has 0 atom stereocenters. The summed E-state index contributed by atoms with van der Waals surface area (Å²) in [7, 11) is 1.79. The van der Waals surface area contributed by atoms with Crippen molar-refractivity contribution in [2.75, 3.05) is 11.1 Å². The van der Waals surface area contributed by atoms with Crippen molar-refractivity contribution in [3.8, 4) is 17.0 Å². The number of rotatable bonds is 9. The average Bonchev–Trinajstić information content (AvgIpc) is 3.44. The van der Waals surface area contributed by atoms with E-state index in [1.165, 1.54) is 29.2 Å². The lowest BCUT2D eigenvalue weighted by atomic mass is 10.1. The lowest BCUT2D eigenvalue weighted by molar-refractivity contribution is -0.385. The minimum atomic E-state index is -0.425. The quantitative estimate of drug-likeness (QED) is 0.179. The second-order valence-electron chi connectivity index (χ2n) is 7.31. The van der Waals surface area contributed by atoms with Gasteiger partial charge in [-0.2, -0.15) is 0 Å². The zero-order chi connectivity index (χ0) is 24.9. The van der Waals surface area contributed by atoms with Crippen molar-refractivity contribution in [2.24, 2.45) is 7.05 Å². The van der Waals surface area contributed by atoms with E-state index < -0.39 is 4.92 Å². The first-order chi connectivity index (χ1) is 16.8. The van der Waals surface area contributed by atoms with Gasteiger partial charge in [0.1, 0.15) is 12.4 Å². The molecule has 0 saturated carbocycles. The molecule has 0 unspecified atom stereocenters. The number of para-hydroxylation sites is 1. The molecule has 2 heterocycles. The van der Waals surface area contributed by atoms with Crippen LogP contribution in [0, 0.1) is 17.0 Å². The number of carbonyl (C=O) groups is 1. The smallest absolute Gasteiger partial charge is 0.272 e. The number of aryl methyl sites for hydroxylation is 1. The normalized spacial score (nSPS) is 10.8. The summed E-state index contributed by atoms with van der Waals surface area (Å²) < 4.78 is 7.45. The fraction of sp³-hybridized carbons (Fsp3) is 0.182. The third kappa shape index (κ3) is 5.96. The molecule has 2 aromatic carbocycles. The summed E-state index contributed by atoms with van der Waals surface area (Å²) in [4.78, 5) is 27.6. The van der Waals surface area contributed by atoms with Gasteiger partial charge in [0.05, 0.1) is 21.4 Å². The Hall–Kier alpha value is -3.48. The summed E-state index contributed by atoms with van der Waals surface area (Å²) in [5.74, 6) is 0.975. The molecule has 4 aromatic rings. The van der Waals surface area contributed by atoms with Gasteiger partial charge in [0.25, 0.3) is 5.69 Å². The second-order valence-corrected chi connectivity index (χ2v) is 9.52. The molecule has 0 radical (unpaired) electrons. The van der Waals surface area contributed by atoms with E-state index in [0.717, 1.165) is 0 Å². The Labute approximate surface area is 213 Å². The SMILES string of the molecule is Cc1ccc(-c2csc(NC(=O)CSc3nnc(COc4ccccc4Cl)n3C)n2)cc1[N+](=O)[O-]. The summed E-state index contributed by atoms with van der Waals surface area (Å²) in [6.07, 6.45) is 0. The van der Waals surface area contributed by atoms with Crippen LogP contribution in [-0.4, -0.2) is 36.3 Å². The lowest BCUT2D eigenvalue weighted by Gasteiger charge is -2.07. The van der Waals surface area contributed by atoms with E-state index in [-0.39, 0.29) is 24.0 Å². The van der Waals surface area contributed by atoms with Crippen LogP contribution in [0.3, 0.4) is 0 Å². The molecule has 0 spiro atoms. The van der Waals surface area contributed by atoms with Crippen molar-refractivity contribution in [1.29, 1.82) is 0 Å². The molecule has 1 N–H and O–H groups in total. The number of nitro groups is 1. The predicted octanol–water partition coefficient (Wildman–Crippen LogP) is 5.12. The summed E-state index contributed by atoms with van der Waals surface area (Å²) in [5, 5.41) is 25.4. The largest absolute Gasteiger partial charge is 0.484 e. The van der Waals surface area contributed by atoms with E-state index in [1.54, 1.807) is 48.2 Å². The van der Waals surface area contributed by atoms with Gasteiger partial charge in [0, 0.05) is 29.6 Å². The maximum Gasteiger partial charge on any atom is 0.272 e. The van der Waals surface area contributed by atoms with Crippen LogP contribution in [-0.2, 0) is 18.4 Å². The fourth-order valence-electron chi connectivity index (χ4n) is 3.02. The topological polar surface area (TPSA) is 125 Å². The Balaban J connectivity index is 1.32. The molecule has 35 heavy (non-hydrogen) atoms. The second kappa shape index (κ2) is 10.8. The molecule has 0 aliphatic rings. The van der Waals surface area contributed by atoms with Crippen molar-refractivity contribution < 1.29 is 14.5 Å². The van der Waals surface area contributed by atoms with Crippen LogP contribution in [0.15, 0.2) is 53.0 Å². The first-order valence-corrected chi connectivity index (χ1v) is 12.5. The standard InChI is InChI=1S/C22H19ClN6O4S2/c1-13-7-8-14(9-17(13)29(31)32)16-11-34-21(24-16)25-20(30)12-35-22-27-26-19(28(22)2)10-33-18-6-4-3-5-15(18)23/h3-9,11H,10,12H2,1-2H3,(H,24,25,30). The molecule has 0 saturated heterocycles. The number of anilines is 1. The van der Waals surface area contributed by atoms with Gasteiger partial charge in [-0.3, -0.25) is 14.9 Å². The van der Waals surface area contributed by atoms with E-state index in [0.29, 0.717) is 43.7 Å². The molecular weight excluding hydrogens is 512 g/mol. The molecular formula is C22H19ClN6O4S2. The van der Waals surface area contributed by atoms with E-state index in [1.807, 2.05) is 12.1 Å². The number of thioether (sulfide) groups is 1. The maximum absolute atomic E-state index is 12.4. The highest BCUT2D eigenvalue weighted by Gasteiger charge is 2.16. The molecule has 0 aliphatic heterocycles. The van der Waals surface area contributed by atoms with Crippen molar-refractivity contribution in [3.05, 3.63) is 74.4 Å². The predicted molar refractivity (Wildman–Crippen MR) is 135 cm³/mol. The van der Waals surface area contributed by atoms with Gasteiger partial charge < -0.3 is 14.6 Å². The van der Waals surface area contributed by atoms with Crippen LogP contribution in [0.25, 0.3) is 11.3 Å². The number of nitrogens with one attached hydrogen (secondary N) is 1. The van der Waals surface area contributed by atoms with Crippen molar-refractivity contribution >= 4 is 51.4 Å². The number of thiazole rings is 1. The van der Waals surface area contributed by atoms with Crippen LogP contribution in [0.5, 0.6) is 5.75 Å². The number of nitrogens with zero attached hydrogens (tertiary/aromatic N) is 5. The lowest BCUT2D eigenvalue weighted by Crippen LogP contribution is -2.14. The zero-order valence-corrected chi connectivity index (χ0v) is 21.0. The first kappa shape index (κ1) is 24.6. The number of aromatic nitrogens is 4. The van der Waals surface area contributed by atoms with Crippen LogP contribution in [0.2, 0.25) is 5.02 Å². The van der Waals surface area contributed by atoms with E-state index >= 15 is 0 Å². The summed E-state index contributed by atoms with van der Waals surface area (Å²) in [5.41, 5.74) is 1.76. The van der Waals surface area contributed by atoms with Crippen LogP contribution in [0.1, 0.15) is 11.4 Å². The minimum absolute atomic E-state index is 0.0257. The van der Waals surface area contributed by atoms with Crippen molar-refractivity contribution in [3.63, 3.8) is 0 Å². The van der Waals surface area contributed by atoms with Crippen molar-refractivity contribution in [2.45, 2.75) is 18.7 Å². The Morgan fingerprint density at radius 3 is 2.86 bits per heavy atom. The highest BCUT2D eigenvalue weighted by atomic mass is 35.5. The summed E-state index contributed by atoms with van der Waals surface area (Å²) in [6, 6.07) is 12.1. The first-order valence-electron chi connectivity index (χ1n) is 10.2. The minimum Gasteiger partial charge on any atom is -0.484 e. The van der Waals surface area contributed by atoms with E-state index in [4.69, 9.17) is 16.3 Å². The molecule has 2 aromatic heterocycles. The highest BCUT2D eigenvalue weighted by molar-refractivity contribution is 7.99. The molecule has 180 valence electrons. The molecule has 0 bridgehead atoms.